The zero-order valence-electron chi connectivity index (χ0n) is 16.3. The minimum Gasteiger partial charge on any atom is -0.457 e. The van der Waals surface area contributed by atoms with Crippen molar-refractivity contribution in [3.05, 3.63) is 77.2 Å². The van der Waals surface area contributed by atoms with Gasteiger partial charge in [0.2, 0.25) is 0 Å². The molecule has 1 fully saturated rings. The molecule has 0 atom stereocenters. The van der Waals surface area contributed by atoms with E-state index in [1.54, 1.807) is 36.4 Å². The number of rotatable bonds is 7. The van der Waals surface area contributed by atoms with Gasteiger partial charge in [-0.25, -0.2) is 8.42 Å². The first-order valence-corrected chi connectivity index (χ1v) is 12.0. The highest BCUT2D eigenvalue weighted by Crippen LogP contribution is 2.27. The van der Waals surface area contributed by atoms with E-state index in [2.05, 4.69) is 5.32 Å². The summed E-state index contributed by atoms with van der Waals surface area (Å²) in [5, 5.41) is 2.85. The molecule has 0 aliphatic carbocycles. The van der Waals surface area contributed by atoms with Crippen LogP contribution in [0.3, 0.4) is 0 Å². The normalized spacial score (nSPS) is 14.5. The Morgan fingerprint density at radius 3 is 2.47 bits per heavy atom. The molecule has 3 aromatic rings. The summed E-state index contributed by atoms with van der Waals surface area (Å²) < 4.78 is 32.9. The molecule has 0 radical (unpaired) electrons. The Morgan fingerprint density at radius 2 is 1.70 bits per heavy atom. The summed E-state index contributed by atoms with van der Waals surface area (Å²) >= 11 is 1.20. The molecule has 4 rings (SSSR count). The van der Waals surface area contributed by atoms with Crippen LogP contribution in [0.5, 0.6) is 11.5 Å². The van der Waals surface area contributed by atoms with Gasteiger partial charge in [0.25, 0.3) is 15.9 Å². The van der Waals surface area contributed by atoms with Crippen molar-refractivity contribution in [1.29, 1.82) is 0 Å². The molecule has 1 aliphatic heterocycles. The number of nitrogens with zero attached hydrogens (tertiary/aromatic N) is 1. The van der Waals surface area contributed by atoms with Gasteiger partial charge in [-0.05, 0) is 55.3 Å². The third kappa shape index (κ3) is 4.72. The maximum absolute atomic E-state index is 12.6. The lowest BCUT2D eigenvalue weighted by atomic mass is 10.2. The molecule has 0 saturated carbocycles. The summed E-state index contributed by atoms with van der Waals surface area (Å²) in [6.07, 6.45) is 1.81. The smallest absolute Gasteiger partial charge is 0.252 e. The summed E-state index contributed by atoms with van der Waals surface area (Å²) in [6, 6.07) is 19.7. The molecule has 30 heavy (non-hydrogen) atoms. The molecule has 1 N–H and O–H groups in total. The van der Waals surface area contributed by atoms with Crippen LogP contribution in [0.1, 0.15) is 28.1 Å². The van der Waals surface area contributed by atoms with Gasteiger partial charge in [0.1, 0.15) is 15.7 Å². The molecule has 156 valence electrons. The third-order valence-corrected chi connectivity index (χ3v) is 8.25. The lowest BCUT2D eigenvalue weighted by molar-refractivity contribution is 0.0951. The first-order chi connectivity index (χ1) is 14.5. The predicted octanol–water partition coefficient (Wildman–Crippen LogP) is 4.25. The number of hydrogen-bond acceptors (Lipinski definition) is 5. The molecule has 0 bridgehead atoms. The quantitative estimate of drug-likeness (QED) is 0.593. The number of sulfonamides is 1. The van der Waals surface area contributed by atoms with Crippen LogP contribution in [0.25, 0.3) is 0 Å². The van der Waals surface area contributed by atoms with Crippen LogP contribution in [0, 0.1) is 0 Å². The number of amides is 1. The molecule has 2 aromatic carbocycles. The van der Waals surface area contributed by atoms with Crippen LogP contribution in [0.4, 0.5) is 0 Å². The van der Waals surface area contributed by atoms with Crippen molar-refractivity contribution in [1.82, 2.24) is 9.62 Å². The number of thiophene rings is 1. The van der Waals surface area contributed by atoms with Gasteiger partial charge in [0.15, 0.2) is 0 Å². The Labute approximate surface area is 180 Å². The molecule has 1 saturated heterocycles. The van der Waals surface area contributed by atoms with E-state index in [0.717, 1.165) is 17.7 Å². The maximum atomic E-state index is 12.6. The summed E-state index contributed by atoms with van der Waals surface area (Å²) in [5.41, 5.74) is 0.477. The molecule has 2 heterocycles. The fourth-order valence-corrected chi connectivity index (χ4v) is 6.21. The largest absolute Gasteiger partial charge is 0.457 e. The zero-order chi connectivity index (χ0) is 21.0. The van der Waals surface area contributed by atoms with Crippen molar-refractivity contribution in [2.24, 2.45) is 0 Å². The molecule has 0 spiro atoms. The van der Waals surface area contributed by atoms with Crippen LogP contribution in [0.15, 0.2) is 70.9 Å². The lowest BCUT2D eigenvalue weighted by Gasteiger charge is -2.13. The van der Waals surface area contributed by atoms with E-state index in [0.29, 0.717) is 34.4 Å². The second kappa shape index (κ2) is 8.99. The highest BCUT2D eigenvalue weighted by atomic mass is 32.2. The zero-order valence-corrected chi connectivity index (χ0v) is 17.9. The van der Waals surface area contributed by atoms with E-state index >= 15 is 0 Å². The van der Waals surface area contributed by atoms with Crippen LogP contribution in [-0.2, 0) is 16.6 Å². The number of carbonyl (C=O) groups is 1. The Hall–Kier alpha value is -2.68. The van der Waals surface area contributed by atoms with Crippen molar-refractivity contribution >= 4 is 27.3 Å². The second-order valence-electron chi connectivity index (χ2n) is 6.96. The van der Waals surface area contributed by atoms with Crippen LogP contribution >= 0.6 is 11.3 Å². The van der Waals surface area contributed by atoms with E-state index in [-0.39, 0.29) is 12.5 Å². The van der Waals surface area contributed by atoms with E-state index in [9.17, 15) is 13.2 Å². The third-order valence-electron chi connectivity index (χ3n) is 4.79. The Balaban J connectivity index is 1.38. The Bertz CT molecular complexity index is 1120. The van der Waals surface area contributed by atoms with E-state index in [4.69, 9.17) is 4.74 Å². The van der Waals surface area contributed by atoms with E-state index in [1.165, 1.54) is 15.6 Å². The highest BCUT2D eigenvalue weighted by molar-refractivity contribution is 7.91. The molecule has 8 heteroatoms. The van der Waals surface area contributed by atoms with Crippen LogP contribution < -0.4 is 10.1 Å². The SMILES string of the molecule is O=C(NCc1ccc(S(=O)(=O)N2CCCC2)s1)c1cccc(Oc2ccccc2)c1. The van der Waals surface area contributed by atoms with E-state index < -0.39 is 10.0 Å². The molecular weight excluding hydrogens is 420 g/mol. The van der Waals surface area contributed by atoms with Crippen LogP contribution in [-0.4, -0.2) is 31.7 Å². The Morgan fingerprint density at radius 1 is 0.967 bits per heavy atom. The van der Waals surface area contributed by atoms with Crippen LogP contribution in [0.2, 0.25) is 0 Å². The predicted molar refractivity (Wildman–Crippen MR) is 116 cm³/mol. The van der Waals surface area contributed by atoms with Gasteiger partial charge in [-0.15, -0.1) is 11.3 Å². The average molecular weight is 443 g/mol. The first kappa shape index (κ1) is 20.6. The highest BCUT2D eigenvalue weighted by Gasteiger charge is 2.28. The van der Waals surface area contributed by atoms with Gasteiger partial charge in [-0.1, -0.05) is 24.3 Å². The fraction of sp³-hybridized carbons (Fsp3) is 0.227. The monoisotopic (exact) mass is 442 g/mol. The van der Waals surface area contributed by atoms with Crippen molar-refractivity contribution in [2.45, 2.75) is 23.6 Å². The molecule has 6 nitrogen and oxygen atoms in total. The minimum atomic E-state index is -3.42. The van der Waals surface area contributed by atoms with Gasteiger partial charge in [-0.3, -0.25) is 4.79 Å². The molecule has 1 aliphatic rings. The van der Waals surface area contributed by atoms with Gasteiger partial charge in [0.05, 0.1) is 6.54 Å². The molecule has 0 unspecified atom stereocenters. The average Bonchev–Trinajstić information content (AvgIpc) is 3.46. The number of para-hydroxylation sites is 1. The number of ether oxygens (including phenoxy) is 1. The first-order valence-electron chi connectivity index (χ1n) is 9.72. The van der Waals surface area contributed by atoms with Gasteiger partial charge in [0, 0.05) is 23.5 Å². The lowest BCUT2D eigenvalue weighted by Crippen LogP contribution is -2.27. The number of carbonyl (C=O) groups excluding carboxylic acids is 1. The van der Waals surface area contributed by atoms with Crippen molar-refractivity contribution in [3.8, 4) is 11.5 Å². The van der Waals surface area contributed by atoms with Crippen molar-refractivity contribution in [3.63, 3.8) is 0 Å². The topological polar surface area (TPSA) is 75.7 Å². The van der Waals surface area contributed by atoms with Gasteiger partial charge in [-0.2, -0.15) is 4.31 Å². The summed E-state index contributed by atoms with van der Waals surface area (Å²) in [6.45, 7) is 1.42. The van der Waals surface area contributed by atoms with Crippen molar-refractivity contribution in [2.75, 3.05) is 13.1 Å². The van der Waals surface area contributed by atoms with Gasteiger partial charge >= 0.3 is 0 Å². The Kier molecular flexibility index (Phi) is 6.17. The number of benzene rings is 2. The van der Waals surface area contributed by atoms with Gasteiger partial charge < -0.3 is 10.1 Å². The molecule has 1 aromatic heterocycles. The molecule has 1 amide bonds. The summed E-state index contributed by atoms with van der Waals surface area (Å²) in [7, 11) is -3.42. The standard InChI is InChI=1S/C22H22N2O4S2/c25-22(17-7-6-10-19(15-17)28-18-8-2-1-3-9-18)23-16-20-11-12-21(29-20)30(26,27)24-13-4-5-14-24/h1-3,6-12,15H,4-5,13-14,16H2,(H,23,25). The minimum absolute atomic E-state index is 0.245. The second-order valence-corrected chi connectivity index (χ2v) is 10.3. The summed E-state index contributed by atoms with van der Waals surface area (Å²) in [4.78, 5) is 13.3. The number of hydrogen-bond donors (Lipinski definition) is 1. The van der Waals surface area contributed by atoms with E-state index in [1.807, 2.05) is 30.3 Å². The summed E-state index contributed by atoms with van der Waals surface area (Å²) in [5.74, 6) is 1.02. The maximum Gasteiger partial charge on any atom is 0.252 e. The number of nitrogens with one attached hydrogen (secondary N) is 1. The van der Waals surface area contributed by atoms with Crippen molar-refractivity contribution < 1.29 is 17.9 Å². The molecular formula is C22H22N2O4S2. The fourth-order valence-electron chi connectivity index (χ4n) is 3.24.